The molecular formula is C14H19N3O3S. The van der Waals surface area contributed by atoms with Crippen molar-refractivity contribution in [3.05, 3.63) is 11.1 Å². The number of amides is 2. The minimum Gasteiger partial charge on any atom is -0.375 e. The second-order valence-corrected chi connectivity index (χ2v) is 6.30. The van der Waals surface area contributed by atoms with Crippen LogP contribution in [-0.4, -0.2) is 54.0 Å². The van der Waals surface area contributed by atoms with Gasteiger partial charge in [-0.25, -0.2) is 4.98 Å². The number of hydrogen-bond acceptors (Lipinski definition) is 5. The van der Waals surface area contributed by atoms with Crippen LogP contribution in [0.2, 0.25) is 0 Å². The molecule has 6 nitrogen and oxygen atoms in total. The quantitative estimate of drug-likeness (QED) is 0.837. The molecule has 3 rings (SSSR count). The Hall–Kier alpha value is -1.47. The van der Waals surface area contributed by atoms with Crippen LogP contribution in [0, 0.1) is 0 Å². The lowest BCUT2D eigenvalue weighted by Crippen LogP contribution is -2.45. The van der Waals surface area contributed by atoms with Gasteiger partial charge in [0.1, 0.15) is 0 Å². The minimum absolute atomic E-state index is 0.0785. The lowest BCUT2D eigenvalue weighted by molar-refractivity contribution is -0.137. The number of nitrogens with zero attached hydrogens (tertiary/aromatic N) is 3. The average Bonchev–Trinajstić information content (AvgIpc) is 3.07. The molecule has 0 unspecified atom stereocenters. The SMILES string of the molecule is C[C@@H]1CN(C(=O)Cc2csc(N3CCCC3=O)n2)CCO1. The van der Waals surface area contributed by atoms with Crippen LogP contribution in [-0.2, 0) is 20.7 Å². The maximum absolute atomic E-state index is 12.3. The van der Waals surface area contributed by atoms with E-state index in [1.165, 1.54) is 11.3 Å². The van der Waals surface area contributed by atoms with E-state index in [9.17, 15) is 9.59 Å². The van der Waals surface area contributed by atoms with Gasteiger partial charge in [0.05, 0.1) is 24.8 Å². The van der Waals surface area contributed by atoms with E-state index in [0.717, 1.165) is 23.8 Å². The molecule has 1 atom stereocenters. The Morgan fingerprint density at radius 2 is 2.38 bits per heavy atom. The highest BCUT2D eigenvalue weighted by molar-refractivity contribution is 7.14. The molecule has 0 spiro atoms. The highest BCUT2D eigenvalue weighted by Gasteiger charge is 2.26. The smallest absolute Gasteiger partial charge is 0.228 e. The molecule has 2 aliphatic rings. The van der Waals surface area contributed by atoms with E-state index in [4.69, 9.17) is 4.74 Å². The number of hydrogen-bond donors (Lipinski definition) is 0. The zero-order valence-electron chi connectivity index (χ0n) is 12.1. The molecule has 3 heterocycles. The molecule has 0 bridgehead atoms. The topological polar surface area (TPSA) is 62.7 Å². The Morgan fingerprint density at radius 1 is 1.52 bits per heavy atom. The van der Waals surface area contributed by atoms with Crippen molar-refractivity contribution >= 4 is 28.3 Å². The van der Waals surface area contributed by atoms with E-state index < -0.39 is 0 Å². The normalized spacial score (nSPS) is 22.9. The summed E-state index contributed by atoms with van der Waals surface area (Å²) >= 11 is 1.44. The molecule has 2 amide bonds. The van der Waals surface area contributed by atoms with Crippen molar-refractivity contribution in [1.82, 2.24) is 9.88 Å². The van der Waals surface area contributed by atoms with Gasteiger partial charge in [0.15, 0.2) is 5.13 Å². The van der Waals surface area contributed by atoms with Crippen molar-refractivity contribution < 1.29 is 14.3 Å². The summed E-state index contributed by atoms with van der Waals surface area (Å²) in [5, 5.41) is 2.60. The summed E-state index contributed by atoms with van der Waals surface area (Å²) in [5.74, 6) is 0.207. The maximum Gasteiger partial charge on any atom is 0.228 e. The molecule has 2 fully saturated rings. The number of carbonyl (C=O) groups excluding carboxylic acids is 2. The summed E-state index contributed by atoms with van der Waals surface area (Å²) < 4.78 is 5.44. The number of anilines is 1. The third kappa shape index (κ3) is 3.24. The van der Waals surface area contributed by atoms with Crippen LogP contribution in [0.15, 0.2) is 5.38 Å². The highest BCUT2D eigenvalue weighted by Crippen LogP contribution is 2.25. The van der Waals surface area contributed by atoms with Gasteiger partial charge in [0.25, 0.3) is 0 Å². The average molecular weight is 309 g/mol. The molecule has 0 saturated carbocycles. The van der Waals surface area contributed by atoms with Crippen molar-refractivity contribution in [3.63, 3.8) is 0 Å². The van der Waals surface area contributed by atoms with Crippen molar-refractivity contribution in [1.29, 1.82) is 0 Å². The fourth-order valence-corrected chi connectivity index (χ4v) is 3.53. The molecular weight excluding hydrogens is 290 g/mol. The highest BCUT2D eigenvalue weighted by atomic mass is 32.1. The largest absolute Gasteiger partial charge is 0.375 e. The van der Waals surface area contributed by atoms with E-state index in [-0.39, 0.29) is 17.9 Å². The molecule has 1 aromatic heterocycles. The van der Waals surface area contributed by atoms with Crippen LogP contribution in [0.4, 0.5) is 5.13 Å². The van der Waals surface area contributed by atoms with Crippen LogP contribution >= 0.6 is 11.3 Å². The molecule has 2 saturated heterocycles. The van der Waals surface area contributed by atoms with Gasteiger partial charge in [-0.15, -0.1) is 11.3 Å². The van der Waals surface area contributed by atoms with Crippen molar-refractivity contribution in [3.8, 4) is 0 Å². The molecule has 21 heavy (non-hydrogen) atoms. The number of aromatic nitrogens is 1. The van der Waals surface area contributed by atoms with Gasteiger partial charge in [-0.05, 0) is 13.3 Å². The molecule has 0 aromatic carbocycles. The summed E-state index contributed by atoms with van der Waals surface area (Å²) in [7, 11) is 0. The van der Waals surface area contributed by atoms with Gasteiger partial charge >= 0.3 is 0 Å². The minimum atomic E-state index is 0.0785. The maximum atomic E-state index is 12.3. The molecule has 7 heteroatoms. The van der Waals surface area contributed by atoms with Crippen molar-refractivity contribution in [2.24, 2.45) is 0 Å². The van der Waals surface area contributed by atoms with Gasteiger partial charge in [-0.1, -0.05) is 0 Å². The Kier molecular flexibility index (Phi) is 4.21. The molecule has 1 aromatic rings. The summed E-state index contributed by atoms with van der Waals surface area (Å²) in [4.78, 5) is 31.9. The fourth-order valence-electron chi connectivity index (χ4n) is 2.66. The van der Waals surface area contributed by atoms with E-state index in [0.29, 0.717) is 32.5 Å². The van der Waals surface area contributed by atoms with Crippen LogP contribution in [0.1, 0.15) is 25.5 Å². The molecule has 114 valence electrons. The zero-order valence-corrected chi connectivity index (χ0v) is 12.9. The monoisotopic (exact) mass is 309 g/mol. The summed E-state index contributed by atoms with van der Waals surface area (Å²) in [6.07, 6.45) is 1.87. The van der Waals surface area contributed by atoms with E-state index in [1.807, 2.05) is 17.2 Å². The van der Waals surface area contributed by atoms with E-state index in [2.05, 4.69) is 4.98 Å². The second kappa shape index (κ2) is 6.11. The van der Waals surface area contributed by atoms with Crippen LogP contribution in [0.5, 0.6) is 0 Å². The van der Waals surface area contributed by atoms with Gasteiger partial charge in [-0.2, -0.15) is 0 Å². The first-order valence-electron chi connectivity index (χ1n) is 7.27. The third-order valence-corrected chi connectivity index (χ3v) is 4.68. The lowest BCUT2D eigenvalue weighted by atomic mass is 10.2. The van der Waals surface area contributed by atoms with Gasteiger partial charge in [0.2, 0.25) is 11.8 Å². The van der Waals surface area contributed by atoms with Gasteiger partial charge < -0.3 is 9.64 Å². The first-order valence-corrected chi connectivity index (χ1v) is 8.15. The van der Waals surface area contributed by atoms with Crippen molar-refractivity contribution in [2.45, 2.75) is 32.3 Å². The van der Waals surface area contributed by atoms with Crippen molar-refractivity contribution in [2.75, 3.05) is 31.1 Å². The number of carbonyl (C=O) groups is 2. The van der Waals surface area contributed by atoms with E-state index >= 15 is 0 Å². The Bertz CT molecular complexity index is 545. The van der Waals surface area contributed by atoms with Crippen LogP contribution in [0.3, 0.4) is 0 Å². The number of thiazole rings is 1. The predicted molar refractivity (Wildman–Crippen MR) is 79.4 cm³/mol. The Morgan fingerprint density at radius 3 is 3.10 bits per heavy atom. The van der Waals surface area contributed by atoms with Crippen LogP contribution in [0.25, 0.3) is 0 Å². The first kappa shape index (κ1) is 14.5. The first-order chi connectivity index (χ1) is 10.1. The number of morpholine rings is 1. The second-order valence-electron chi connectivity index (χ2n) is 5.47. The van der Waals surface area contributed by atoms with E-state index in [1.54, 1.807) is 4.90 Å². The standard InChI is InChI=1S/C14H19N3O3S/c1-10-8-16(5-6-20-10)13(19)7-11-9-21-14(15-11)17-4-2-3-12(17)18/h9-10H,2-8H2,1H3/t10-/m1/s1. The summed E-state index contributed by atoms with van der Waals surface area (Å²) in [6, 6.07) is 0. The number of ether oxygens (including phenoxy) is 1. The fraction of sp³-hybridized carbons (Fsp3) is 0.643. The number of rotatable bonds is 3. The lowest BCUT2D eigenvalue weighted by Gasteiger charge is -2.31. The molecule has 0 radical (unpaired) electrons. The molecule has 0 aliphatic carbocycles. The third-order valence-electron chi connectivity index (χ3n) is 3.77. The molecule has 0 N–H and O–H groups in total. The summed E-state index contributed by atoms with van der Waals surface area (Å²) in [6.45, 7) is 4.59. The summed E-state index contributed by atoms with van der Waals surface area (Å²) in [5.41, 5.74) is 0.749. The molecule has 2 aliphatic heterocycles. The Balaban J connectivity index is 1.61. The van der Waals surface area contributed by atoms with Gasteiger partial charge in [0, 0.05) is 31.4 Å². The Labute approximate surface area is 127 Å². The predicted octanol–water partition coefficient (Wildman–Crippen LogP) is 1.06. The van der Waals surface area contributed by atoms with Crippen LogP contribution < -0.4 is 4.90 Å². The van der Waals surface area contributed by atoms with Gasteiger partial charge in [-0.3, -0.25) is 14.5 Å². The zero-order chi connectivity index (χ0) is 14.8.